The second kappa shape index (κ2) is 5.84. The summed E-state index contributed by atoms with van der Waals surface area (Å²) in [5.41, 5.74) is 6.10. The summed E-state index contributed by atoms with van der Waals surface area (Å²) in [6, 6.07) is 8.31. The standard InChI is InChI=1S/C14H18N4S/c1-10(2)18(9-12-4-3-7-19-12)13-6-5-11(8-17-13)14(15)16/h3-8,10H,9H2,1-2H3,(H3,15,16). The number of thiophene rings is 1. The van der Waals surface area contributed by atoms with E-state index in [0.717, 1.165) is 12.4 Å². The van der Waals surface area contributed by atoms with Gasteiger partial charge in [-0.2, -0.15) is 0 Å². The van der Waals surface area contributed by atoms with Gasteiger partial charge >= 0.3 is 0 Å². The first-order valence-electron chi connectivity index (χ1n) is 6.17. The Hall–Kier alpha value is -1.88. The van der Waals surface area contributed by atoms with Gasteiger partial charge in [0.05, 0.1) is 6.54 Å². The molecule has 0 unspecified atom stereocenters. The van der Waals surface area contributed by atoms with Crippen LogP contribution >= 0.6 is 11.3 Å². The summed E-state index contributed by atoms with van der Waals surface area (Å²) in [6.07, 6.45) is 1.65. The Labute approximate surface area is 117 Å². The largest absolute Gasteiger partial charge is 0.384 e. The Morgan fingerprint density at radius 2 is 2.21 bits per heavy atom. The molecule has 0 aliphatic rings. The maximum Gasteiger partial charge on any atom is 0.129 e. The lowest BCUT2D eigenvalue weighted by atomic mass is 10.2. The molecule has 0 spiro atoms. The van der Waals surface area contributed by atoms with E-state index >= 15 is 0 Å². The number of nitrogen functional groups attached to an aromatic ring is 1. The Balaban J connectivity index is 2.21. The van der Waals surface area contributed by atoms with Gasteiger partial charge in [0.1, 0.15) is 11.7 Å². The molecule has 0 fully saturated rings. The SMILES string of the molecule is CC(C)N(Cc1cccs1)c1ccc(C(=N)N)cn1. The molecule has 0 saturated heterocycles. The van der Waals surface area contributed by atoms with Crippen LogP contribution in [-0.4, -0.2) is 16.9 Å². The Morgan fingerprint density at radius 1 is 1.42 bits per heavy atom. The number of nitrogens with zero attached hydrogens (tertiary/aromatic N) is 2. The number of anilines is 1. The van der Waals surface area contributed by atoms with Crippen LogP contribution in [0.15, 0.2) is 35.8 Å². The molecule has 5 heteroatoms. The molecule has 2 heterocycles. The first-order valence-corrected chi connectivity index (χ1v) is 7.05. The van der Waals surface area contributed by atoms with E-state index in [1.807, 2.05) is 12.1 Å². The van der Waals surface area contributed by atoms with E-state index in [4.69, 9.17) is 11.1 Å². The van der Waals surface area contributed by atoms with Crippen molar-refractivity contribution in [3.8, 4) is 0 Å². The fraction of sp³-hybridized carbons (Fsp3) is 0.286. The molecule has 4 nitrogen and oxygen atoms in total. The first kappa shape index (κ1) is 13.5. The van der Waals surface area contributed by atoms with Crippen LogP contribution in [0.2, 0.25) is 0 Å². The summed E-state index contributed by atoms with van der Waals surface area (Å²) >= 11 is 1.75. The monoisotopic (exact) mass is 274 g/mol. The van der Waals surface area contributed by atoms with Crippen LogP contribution < -0.4 is 10.6 Å². The number of amidine groups is 1. The molecule has 0 aliphatic heterocycles. The van der Waals surface area contributed by atoms with Crippen molar-refractivity contribution in [1.29, 1.82) is 5.41 Å². The van der Waals surface area contributed by atoms with Crippen molar-refractivity contribution in [3.05, 3.63) is 46.3 Å². The van der Waals surface area contributed by atoms with Gasteiger partial charge in [-0.05, 0) is 37.4 Å². The van der Waals surface area contributed by atoms with E-state index in [-0.39, 0.29) is 5.84 Å². The van der Waals surface area contributed by atoms with Gasteiger partial charge in [-0.1, -0.05) is 6.07 Å². The van der Waals surface area contributed by atoms with Crippen molar-refractivity contribution in [2.45, 2.75) is 26.4 Å². The Morgan fingerprint density at radius 3 is 2.68 bits per heavy atom. The van der Waals surface area contributed by atoms with Gasteiger partial charge in [-0.25, -0.2) is 4.98 Å². The lowest BCUT2D eigenvalue weighted by molar-refractivity contribution is 0.677. The molecule has 0 amide bonds. The van der Waals surface area contributed by atoms with E-state index in [1.165, 1.54) is 4.88 Å². The Bertz CT molecular complexity index is 531. The lowest BCUT2D eigenvalue weighted by Gasteiger charge is -2.27. The van der Waals surface area contributed by atoms with E-state index in [9.17, 15) is 0 Å². The third-order valence-corrected chi connectivity index (χ3v) is 3.74. The van der Waals surface area contributed by atoms with E-state index in [0.29, 0.717) is 11.6 Å². The Kier molecular flexibility index (Phi) is 4.16. The average Bonchev–Trinajstić information content (AvgIpc) is 2.88. The molecule has 3 N–H and O–H groups in total. The van der Waals surface area contributed by atoms with Gasteiger partial charge in [0.15, 0.2) is 0 Å². The van der Waals surface area contributed by atoms with Gasteiger partial charge < -0.3 is 10.6 Å². The predicted octanol–water partition coefficient (Wildman–Crippen LogP) is 2.84. The number of aromatic nitrogens is 1. The topological polar surface area (TPSA) is 66.0 Å². The summed E-state index contributed by atoms with van der Waals surface area (Å²) in [6.45, 7) is 5.14. The highest BCUT2D eigenvalue weighted by molar-refractivity contribution is 7.09. The number of hydrogen-bond acceptors (Lipinski definition) is 4. The van der Waals surface area contributed by atoms with Crippen LogP contribution in [0.25, 0.3) is 0 Å². The summed E-state index contributed by atoms with van der Waals surface area (Å²) in [5, 5.41) is 9.47. The van der Waals surface area contributed by atoms with Crippen LogP contribution in [0, 0.1) is 5.41 Å². The quantitative estimate of drug-likeness (QED) is 0.651. The molecule has 2 aromatic rings. The number of hydrogen-bond donors (Lipinski definition) is 2. The van der Waals surface area contributed by atoms with Crippen molar-refractivity contribution in [1.82, 2.24) is 4.98 Å². The smallest absolute Gasteiger partial charge is 0.129 e. The number of pyridine rings is 1. The molecule has 2 rings (SSSR count). The summed E-state index contributed by atoms with van der Waals surface area (Å²) in [5.74, 6) is 0.960. The molecule has 2 aromatic heterocycles. The summed E-state index contributed by atoms with van der Waals surface area (Å²) in [7, 11) is 0. The molecule has 0 saturated carbocycles. The van der Waals surface area contributed by atoms with E-state index in [1.54, 1.807) is 17.5 Å². The minimum Gasteiger partial charge on any atom is -0.384 e. The third kappa shape index (κ3) is 3.32. The van der Waals surface area contributed by atoms with E-state index < -0.39 is 0 Å². The van der Waals surface area contributed by atoms with Gasteiger partial charge in [-0.3, -0.25) is 5.41 Å². The van der Waals surface area contributed by atoms with Crippen molar-refractivity contribution >= 4 is 23.0 Å². The zero-order valence-electron chi connectivity index (χ0n) is 11.1. The molecular weight excluding hydrogens is 256 g/mol. The number of nitrogens with two attached hydrogens (primary N) is 1. The fourth-order valence-electron chi connectivity index (χ4n) is 1.81. The van der Waals surface area contributed by atoms with Crippen LogP contribution in [-0.2, 0) is 6.54 Å². The number of rotatable bonds is 5. The number of nitrogens with one attached hydrogen (secondary N) is 1. The van der Waals surface area contributed by atoms with Crippen molar-refractivity contribution < 1.29 is 0 Å². The van der Waals surface area contributed by atoms with Crippen molar-refractivity contribution in [2.24, 2.45) is 5.73 Å². The minimum absolute atomic E-state index is 0.0494. The van der Waals surface area contributed by atoms with Crippen molar-refractivity contribution in [3.63, 3.8) is 0 Å². The maximum atomic E-state index is 7.38. The molecule has 0 atom stereocenters. The highest BCUT2D eigenvalue weighted by Gasteiger charge is 2.13. The molecule has 0 bridgehead atoms. The highest BCUT2D eigenvalue weighted by Crippen LogP contribution is 2.20. The minimum atomic E-state index is 0.0494. The zero-order chi connectivity index (χ0) is 13.8. The van der Waals surface area contributed by atoms with E-state index in [2.05, 4.69) is 41.2 Å². The van der Waals surface area contributed by atoms with Crippen LogP contribution in [0.4, 0.5) is 5.82 Å². The lowest BCUT2D eigenvalue weighted by Crippen LogP contribution is -2.30. The molecule has 0 radical (unpaired) electrons. The van der Waals surface area contributed by atoms with Crippen LogP contribution in [0.3, 0.4) is 0 Å². The van der Waals surface area contributed by atoms with Gasteiger partial charge in [-0.15, -0.1) is 11.3 Å². The summed E-state index contributed by atoms with van der Waals surface area (Å²) < 4.78 is 0. The molecule has 19 heavy (non-hydrogen) atoms. The van der Waals surface area contributed by atoms with Gasteiger partial charge in [0, 0.05) is 22.7 Å². The summed E-state index contributed by atoms with van der Waals surface area (Å²) in [4.78, 5) is 7.95. The van der Waals surface area contributed by atoms with Gasteiger partial charge in [0.2, 0.25) is 0 Å². The molecule has 0 aromatic carbocycles. The highest BCUT2D eigenvalue weighted by atomic mass is 32.1. The van der Waals surface area contributed by atoms with Crippen LogP contribution in [0.5, 0.6) is 0 Å². The van der Waals surface area contributed by atoms with Crippen LogP contribution in [0.1, 0.15) is 24.3 Å². The second-order valence-corrected chi connectivity index (χ2v) is 5.65. The van der Waals surface area contributed by atoms with Crippen molar-refractivity contribution in [2.75, 3.05) is 4.90 Å². The third-order valence-electron chi connectivity index (χ3n) is 2.88. The average molecular weight is 274 g/mol. The molecule has 0 aliphatic carbocycles. The predicted molar refractivity (Wildman–Crippen MR) is 80.9 cm³/mol. The maximum absolute atomic E-state index is 7.38. The van der Waals surface area contributed by atoms with Gasteiger partial charge in [0.25, 0.3) is 0 Å². The second-order valence-electron chi connectivity index (χ2n) is 4.62. The zero-order valence-corrected chi connectivity index (χ0v) is 11.9. The molecular formula is C14H18N4S. The fourth-order valence-corrected chi connectivity index (χ4v) is 2.52. The first-order chi connectivity index (χ1) is 9.08. The molecule has 100 valence electrons. The normalized spacial score (nSPS) is 10.7.